The Hall–Kier alpha value is -1.10. The Kier molecular flexibility index (Phi) is 7.54. The van der Waals surface area contributed by atoms with Gasteiger partial charge in [-0.3, -0.25) is 9.59 Å². The first-order chi connectivity index (χ1) is 7.52. The SMILES string of the molecule is CCCCC(N)C(=O)NCC(CC)C(=O)O. The van der Waals surface area contributed by atoms with Crippen molar-refractivity contribution in [2.75, 3.05) is 6.54 Å². The van der Waals surface area contributed by atoms with E-state index in [-0.39, 0.29) is 12.5 Å². The Labute approximate surface area is 96.4 Å². The largest absolute Gasteiger partial charge is 0.481 e. The molecule has 0 rings (SSSR count). The zero-order chi connectivity index (χ0) is 12.6. The van der Waals surface area contributed by atoms with Gasteiger partial charge in [0.25, 0.3) is 0 Å². The van der Waals surface area contributed by atoms with Gasteiger partial charge in [-0.2, -0.15) is 0 Å². The lowest BCUT2D eigenvalue weighted by Crippen LogP contribution is -2.43. The number of nitrogens with two attached hydrogens (primary N) is 1. The topological polar surface area (TPSA) is 92.4 Å². The van der Waals surface area contributed by atoms with Crippen molar-refractivity contribution in [3.05, 3.63) is 0 Å². The fourth-order valence-corrected chi connectivity index (χ4v) is 1.32. The van der Waals surface area contributed by atoms with Crippen LogP contribution in [-0.2, 0) is 9.59 Å². The molecule has 0 saturated carbocycles. The van der Waals surface area contributed by atoms with Gasteiger partial charge in [-0.05, 0) is 12.8 Å². The second kappa shape index (κ2) is 8.10. The summed E-state index contributed by atoms with van der Waals surface area (Å²) in [7, 11) is 0. The van der Waals surface area contributed by atoms with Crippen LogP contribution in [0.1, 0.15) is 39.5 Å². The van der Waals surface area contributed by atoms with Crippen LogP contribution < -0.4 is 11.1 Å². The zero-order valence-corrected chi connectivity index (χ0v) is 10.0. The van der Waals surface area contributed by atoms with Crippen molar-refractivity contribution >= 4 is 11.9 Å². The minimum atomic E-state index is -0.884. The van der Waals surface area contributed by atoms with E-state index in [9.17, 15) is 9.59 Å². The van der Waals surface area contributed by atoms with Gasteiger partial charge < -0.3 is 16.2 Å². The Morgan fingerprint density at radius 1 is 1.38 bits per heavy atom. The maximum atomic E-state index is 11.5. The van der Waals surface area contributed by atoms with Gasteiger partial charge in [0, 0.05) is 6.54 Å². The highest BCUT2D eigenvalue weighted by Gasteiger charge is 2.18. The molecule has 2 atom stereocenters. The maximum absolute atomic E-state index is 11.5. The quantitative estimate of drug-likeness (QED) is 0.573. The molecular formula is C11H22N2O3. The lowest BCUT2D eigenvalue weighted by Gasteiger charge is -2.14. The van der Waals surface area contributed by atoms with Crippen LogP contribution in [0.4, 0.5) is 0 Å². The molecule has 0 aliphatic rings. The second-order valence-electron chi connectivity index (χ2n) is 3.94. The third-order valence-electron chi connectivity index (χ3n) is 2.57. The number of aliphatic carboxylic acids is 1. The molecule has 5 nitrogen and oxygen atoms in total. The van der Waals surface area contributed by atoms with E-state index in [4.69, 9.17) is 10.8 Å². The fourth-order valence-electron chi connectivity index (χ4n) is 1.32. The lowest BCUT2D eigenvalue weighted by atomic mass is 10.1. The van der Waals surface area contributed by atoms with Gasteiger partial charge in [0.15, 0.2) is 0 Å². The smallest absolute Gasteiger partial charge is 0.308 e. The van der Waals surface area contributed by atoms with Crippen molar-refractivity contribution in [2.45, 2.75) is 45.6 Å². The highest BCUT2D eigenvalue weighted by molar-refractivity contribution is 5.82. The van der Waals surface area contributed by atoms with Crippen LogP contribution in [0.3, 0.4) is 0 Å². The maximum Gasteiger partial charge on any atom is 0.308 e. The van der Waals surface area contributed by atoms with Gasteiger partial charge in [-0.15, -0.1) is 0 Å². The third kappa shape index (κ3) is 5.70. The van der Waals surface area contributed by atoms with Crippen LogP contribution >= 0.6 is 0 Å². The van der Waals surface area contributed by atoms with Crippen LogP contribution in [0.15, 0.2) is 0 Å². The molecule has 5 heteroatoms. The molecule has 0 aliphatic carbocycles. The lowest BCUT2D eigenvalue weighted by molar-refractivity contribution is -0.141. The molecule has 2 unspecified atom stereocenters. The standard InChI is InChI=1S/C11H22N2O3/c1-3-5-6-9(12)10(14)13-7-8(4-2)11(15)16/h8-9H,3-7,12H2,1-2H3,(H,13,14)(H,15,16). The van der Waals surface area contributed by atoms with E-state index < -0.39 is 17.9 Å². The summed E-state index contributed by atoms with van der Waals surface area (Å²) in [5, 5.41) is 11.4. The first kappa shape index (κ1) is 14.9. The minimum absolute atomic E-state index is 0.157. The van der Waals surface area contributed by atoms with Crippen LogP contribution in [-0.4, -0.2) is 29.6 Å². The monoisotopic (exact) mass is 230 g/mol. The van der Waals surface area contributed by atoms with Gasteiger partial charge >= 0.3 is 5.97 Å². The van der Waals surface area contributed by atoms with E-state index in [0.717, 1.165) is 12.8 Å². The number of hydrogen-bond acceptors (Lipinski definition) is 3. The van der Waals surface area contributed by atoms with Crippen LogP contribution in [0.25, 0.3) is 0 Å². The molecule has 0 spiro atoms. The van der Waals surface area contributed by atoms with Crippen LogP contribution in [0.5, 0.6) is 0 Å². The predicted molar refractivity (Wildman–Crippen MR) is 61.9 cm³/mol. The van der Waals surface area contributed by atoms with Crippen LogP contribution in [0, 0.1) is 5.92 Å². The van der Waals surface area contributed by atoms with Gasteiger partial charge in [-0.25, -0.2) is 0 Å². The summed E-state index contributed by atoms with van der Waals surface area (Å²) in [6, 6.07) is -0.522. The average Bonchev–Trinajstić information content (AvgIpc) is 2.25. The number of rotatable bonds is 8. The Bertz CT molecular complexity index is 231. The first-order valence-corrected chi connectivity index (χ1v) is 5.79. The molecule has 0 aromatic carbocycles. The van der Waals surface area contributed by atoms with Crippen molar-refractivity contribution in [3.8, 4) is 0 Å². The van der Waals surface area contributed by atoms with Gasteiger partial charge in [-0.1, -0.05) is 26.7 Å². The number of nitrogens with one attached hydrogen (secondary N) is 1. The summed E-state index contributed by atoms with van der Waals surface area (Å²) in [4.78, 5) is 22.2. The molecular weight excluding hydrogens is 208 g/mol. The third-order valence-corrected chi connectivity index (χ3v) is 2.57. The highest BCUT2D eigenvalue weighted by Crippen LogP contribution is 2.02. The average molecular weight is 230 g/mol. The Morgan fingerprint density at radius 2 is 2.00 bits per heavy atom. The number of carbonyl (C=O) groups is 2. The normalized spacial score (nSPS) is 14.2. The Balaban J connectivity index is 3.91. The van der Waals surface area contributed by atoms with E-state index in [1.54, 1.807) is 6.92 Å². The van der Waals surface area contributed by atoms with Gasteiger partial charge in [0.05, 0.1) is 12.0 Å². The van der Waals surface area contributed by atoms with E-state index in [1.807, 2.05) is 6.92 Å². The molecule has 4 N–H and O–H groups in total. The molecule has 0 saturated heterocycles. The summed E-state index contributed by atoms with van der Waals surface area (Å²) in [6.45, 7) is 3.97. The molecule has 0 aromatic heterocycles. The zero-order valence-electron chi connectivity index (χ0n) is 10.0. The minimum Gasteiger partial charge on any atom is -0.481 e. The molecule has 1 amide bonds. The van der Waals surface area contributed by atoms with Gasteiger partial charge in [0.1, 0.15) is 0 Å². The molecule has 0 radical (unpaired) electrons. The van der Waals surface area contributed by atoms with E-state index in [1.165, 1.54) is 0 Å². The Morgan fingerprint density at radius 3 is 2.44 bits per heavy atom. The van der Waals surface area contributed by atoms with Crippen molar-refractivity contribution in [3.63, 3.8) is 0 Å². The summed E-state index contributed by atoms with van der Waals surface area (Å²) < 4.78 is 0. The summed E-state index contributed by atoms with van der Waals surface area (Å²) in [5.74, 6) is -1.67. The molecule has 0 bridgehead atoms. The first-order valence-electron chi connectivity index (χ1n) is 5.79. The number of carboxylic acids is 1. The van der Waals surface area contributed by atoms with Crippen molar-refractivity contribution in [2.24, 2.45) is 11.7 Å². The van der Waals surface area contributed by atoms with E-state index in [0.29, 0.717) is 12.8 Å². The highest BCUT2D eigenvalue weighted by atomic mass is 16.4. The molecule has 0 heterocycles. The van der Waals surface area contributed by atoms with E-state index >= 15 is 0 Å². The summed E-state index contributed by atoms with van der Waals surface area (Å²) in [5.41, 5.74) is 5.65. The number of carbonyl (C=O) groups excluding carboxylic acids is 1. The fraction of sp³-hybridized carbons (Fsp3) is 0.818. The number of unbranched alkanes of at least 4 members (excludes halogenated alkanes) is 1. The molecule has 94 valence electrons. The van der Waals surface area contributed by atoms with Crippen molar-refractivity contribution < 1.29 is 14.7 Å². The van der Waals surface area contributed by atoms with Crippen molar-refractivity contribution in [1.29, 1.82) is 0 Å². The van der Waals surface area contributed by atoms with Crippen molar-refractivity contribution in [1.82, 2.24) is 5.32 Å². The molecule has 16 heavy (non-hydrogen) atoms. The molecule has 0 aliphatic heterocycles. The van der Waals surface area contributed by atoms with Gasteiger partial charge in [0.2, 0.25) is 5.91 Å². The molecule has 0 fully saturated rings. The predicted octanol–water partition coefficient (Wildman–Crippen LogP) is 0.731. The number of carboxylic acid groups (broad SMARTS) is 1. The van der Waals surface area contributed by atoms with E-state index in [2.05, 4.69) is 5.32 Å². The number of amides is 1. The van der Waals surface area contributed by atoms with Crippen LogP contribution in [0.2, 0.25) is 0 Å². The second-order valence-corrected chi connectivity index (χ2v) is 3.94. The number of hydrogen-bond donors (Lipinski definition) is 3. The molecule has 0 aromatic rings. The summed E-state index contributed by atoms with van der Waals surface area (Å²) >= 11 is 0. The summed E-state index contributed by atoms with van der Waals surface area (Å²) in [6.07, 6.45) is 3.05.